The molecule has 4 heteroatoms. The highest BCUT2D eigenvalue weighted by molar-refractivity contribution is 6.23. The van der Waals surface area contributed by atoms with Crippen LogP contribution in [-0.2, 0) is 6.18 Å². The second kappa shape index (κ2) is 3.83. The summed E-state index contributed by atoms with van der Waals surface area (Å²) in [6, 6.07) is 4.66. The van der Waals surface area contributed by atoms with Gasteiger partial charge >= 0.3 is 6.18 Å². The molecule has 0 aliphatic rings. The number of hydrogen-bond acceptors (Lipinski definition) is 0. The maximum atomic E-state index is 12.1. The molecule has 0 aliphatic heterocycles. The van der Waals surface area contributed by atoms with Crippen LogP contribution in [0, 0.1) is 5.54 Å². The largest absolute Gasteiger partial charge is 0.416 e. The van der Waals surface area contributed by atoms with Gasteiger partial charge in [0.15, 0.2) is 0 Å². The summed E-state index contributed by atoms with van der Waals surface area (Å²) in [5, 5.41) is 0. The molecule has 0 fully saturated rings. The highest BCUT2D eigenvalue weighted by Gasteiger charge is 2.29. The molecule has 1 rings (SSSR count). The van der Waals surface area contributed by atoms with Crippen LogP contribution in [0.5, 0.6) is 0 Å². The van der Waals surface area contributed by atoms with E-state index in [0.29, 0.717) is 5.56 Å². The third-order valence-electron chi connectivity index (χ3n) is 1.46. The molecule has 0 saturated heterocycles. The molecule has 0 atom stereocenters. The highest BCUT2D eigenvalue weighted by atomic mass is 35.5. The van der Waals surface area contributed by atoms with Crippen molar-refractivity contribution in [1.82, 2.24) is 0 Å². The van der Waals surface area contributed by atoms with Gasteiger partial charge in [0, 0.05) is 0 Å². The summed E-state index contributed by atoms with van der Waals surface area (Å²) >= 11 is 5.14. The van der Waals surface area contributed by atoms with Crippen molar-refractivity contribution >= 4 is 17.7 Å². The van der Waals surface area contributed by atoms with E-state index in [-0.39, 0.29) is 0 Å². The second-order valence-electron chi connectivity index (χ2n) is 2.37. The predicted molar refractivity (Wildman–Crippen MR) is 45.0 cm³/mol. The molecular weight excluding hydrogens is 201 g/mol. The second-order valence-corrected chi connectivity index (χ2v) is 2.59. The molecule has 0 bridgehead atoms. The number of alkyl halides is 3. The molecule has 0 heterocycles. The minimum Gasteiger partial charge on any atom is -0.166 e. The Bertz CT molecular complexity index is 298. The first-order valence-electron chi connectivity index (χ1n) is 3.40. The number of rotatable bonds is 1. The van der Waals surface area contributed by atoms with Crippen molar-refractivity contribution in [2.75, 3.05) is 0 Å². The molecule has 0 N–H and O–H groups in total. The summed E-state index contributed by atoms with van der Waals surface area (Å²) in [4.78, 5) is 0. The SMILES string of the molecule is FC(F)(F)c1ccc(/C=[C]\Cl)cc1. The topological polar surface area (TPSA) is 0 Å². The normalized spacial score (nSPS) is 12.3. The molecule has 0 amide bonds. The Kier molecular flexibility index (Phi) is 2.98. The zero-order valence-electron chi connectivity index (χ0n) is 6.40. The van der Waals surface area contributed by atoms with E-state index in [2.05, 4.69) is 5.54 Å². The molecule has 0 unspecified atom stereocenters. The summed E-state index contributed by atoms with van der Waals surface area (Å²) < 4.78 is 36.2. The number of halogens is 4. The van der Waals surface area contributed by atoms with Gasteiger partial charge in [-0.15, -0.1) is 0 Å². The van der Waals surface area contributed by atoms with Gasteiger partial charge in [-0.05, 0) is 23.8 Å². The van der Waals surface area contributed by atoms with Crippen LogP contribution in [-0.4, -0.2) is 0 Å². The zero-order valence-corrected chi connectivity index (χ0v) is 7.15. The standard InChI is InChI=1S/C9H5ClF3/c10-6-5-7-1-3-8(4-2-7)9(11,12)13/h1-5H. The van der Waals surface area contributed by atoms with E-state index in [1.807, 2.05) is 0 Å². The first-order chi connectivity index (χ1) is 6.04. The molecule has 1 aromatic rings. The summed E-state index contributed by atoms with van der Waals surface area (Å²) in [5.74, 6) is 0. The lowest BCUT2D eigenvalue weighted by Crippen LogP contribution is -2.03. The summed E-state index contributed by atoms with van der Waals surface area (Å²) in [7, 11) is 0. The summed E-state index contributed by atoms with van der Waals surface area (Å²) in [6.07, 6.45) is -2.89. The zero-order chi connectivity index (χ0) is 9.90. The van der Waals surface area contributed by atoms with Crippen molar-refractivity contribution < 1.29 is 13.2 Å². The minimum absolute atomic E-state index is 0.586. The van der Waals surface area contributed by atoms with Gasteiger partial charge in [0.05, 0.1) is 11.1 Å². The molecule has 69 valence electrons. The van der Waals surface area contributed by atoms with Crippen LogP contribution in [0.2, 0.25) is 0 Å². The van der Waals surface area contributed by atoms with Crippen molar-refractivity contribution in [3.8, 4) is 0 Å². The van der Waals surface area contributed by atoms with E-state index in [9.17, 15) is 13.2 Å². The average molecular weight is 206 g/mol. The molecular formula is C9H5ClF3. The lowest BCUT2D eigenvalue weighted by atomic mass is 10.1. The van der Waals surface area contributed by atoms with Crippen LogP contribution in [0.25, 0.3) is 6.08 Å². The van der Waals surface area contributed by atoms with Crippen LogP contribution in [0.3, 0.4) is 0 Å². The minimum atomic E-state index is -4.28. The summed E-state index contributed by atoms with van der Waals surface area (Å²) in [6.45, 7) is 0. The maximum Gasteiger partial charge on any atom is 0.416 e. The molecule has 0 aliphatic carbocycles. The van der Waals surface area contributed by atoms with Crippen LogP contribution in [0.15, 0.2) is 24.3 Å². The quantitative estimate of drug-likeness (QED) is 0.656. The Morgan fingerprint density at radius 3 is 2.08 bits per heavy atom. The fraction of sp³-hybridized carbons (Fsp3) is 0.111. The van der Waals surface area contributed by atoms with Crippen LogP contribution in [0.4, 0.5) is 13.2 Å². The molecule has 13 heavy (non-hydrogen) atoms. The van der Waals surface area contributed by atoms with Gasteiger partial charge in [-0.25, -0.2) is 0 Å². The third kappa shape index (κ3) is 2.77. The first-order valence-corrected chi connectivity index (χ1v) is 3.78. The fourth-order valence-corrected chi connectivity index (χ4v) is 0.957. The maximum absolute atomic E-state index is 12.1. The molecule has 0 aromatic heterocycles. The molecule has 1 radical (unpaired) electrons. The van der Waals surface area contributed by atoms with E-state index >= 15 is 0 Å². The van der Waals surface area contributed by atoms with Gasteiger partial charge in [-0.3, -0.25) is 0 Å². The van der Waals surface area contributed by atoms with Gasteiger partial charge in [0.1, 0.15) is 0 Å². The lowest BCUT2D eigenvalue weighted by Gasteiger charge is -2.05. The Hall–Kier alpha value is -0.960. The Labute approximate surface area is 78.6 Å². The van der Waals surface area contributed by atoms with Crippen molar-refractivity contribution in [3.63, 3.8) is 0 Å². The lowest BCUT2D eigenvalue weighted by molar-refractivity contribution is -0.137. The monoisotopic (exact) mass is 205 g/mol. The van der Waals surface area contributed by atoms with Crippen molar-refractivity contribution in [1.29, 1.82) is 0 Å². The van der Waals surface area contributed by atoms with Gasteiger partial charge in [0.2, 0.25) is 0 Å². The van der Waals surface area contributed by atoms with Crippen molar-refractivity contribution in [3.05, 3.63) is 40.9 Å². The predicted octanol–water partition coefficient (Wildman–Crippen LogP) is 3.72. The molecule has 0 spiro atoms. The van der Waals surface area contributed by atoms with Crippen molar-refractivity contribution in [2.24, 2.45) is 0 Å². The van der Waals surface area contributed by atoms with E-state index in [1.165, 1.54) is 18.2 Å². The average Bonchev–Trinajstić information content (AvgIpc) is 2.04. The first kappa shape index (κ1) is 10.1. The smallest absolute Gasteiger partial charge is 0.166 e. The van der Waals surface area contributed by atoms with Gasteiger partial charge in [-0.2, -0.15) is 13.2 Å². The molecule has 0 saturated carbocycles. The van der Waals surface area contributed by atoms with Crippen LogP contribution in [0.1, 0.15) is 11.1 Å². The number of hydrogen-bond donors (Lipinski definition) is 0. The highest BCUT2D eigenvalue weighted by Crippen LogP contribution is 2.29. The summed E-state index contributed by atoms with van der Waals surface area (Å²) in [5.41, 5.74) is 2.13. The van der Waals surface area contributed by atoms with E-state index in [0.717, 1.165) is 12.1 Å². The van der Waals surface area contributed by atoms with Crippen LogP contribution < -0.4 is 0 Å². The third-order valence-corrected chi connectivity index (χ3v) is 1.57. The van der Waals surface area contributed by atoms with Gasteiger partial charge < -0.3 is 0 Å². The Morgan fingerprint density at radius 1 is 1.15 bits per heavy atom. The van der Waals surface area contributed by atoms with Crippen LogP contribution >= 0.6 is 11.6 Å². The van der Waals surface area contributed by atoms with Gasteiger partial charge in [0.25, 0.3) is 0 Å². The number of benzene rings is 1. The molecule has 1 aromatic carbocycles. The van der Waals surface area contributed by atoms with Gasteiger partial charge in [-0.1, -0.05) is 23.7 Å². The Balaban J connectivity index is 2.94. The van der Waals surface area contributed by atoms with Crippen molar-refractivity contribution in [2.45, 2.75) is 6.18 Å². The van der Waals surface area contributed by atoms with E-state index in [4.69, 9.17) is 11.6 Å². The Morgan fingerprint density at radius 2 is 1.69 bits per heavy atom. The fourth-order valence-electron chi connectivity index (χ4n) is 0.831. The molecule has 0 nitrogen and oxygen atoms in total. The van der Waals surface area contributed by atoms with E-state index in [1.54, 1.807) is 0 Å². The van der Waals surface area contributed by atoms with E-state index < -0.39 is 11.7 Å².